The number of hydrogen-bond donors (Lipinski definition) is 0. The van der Waals surface area contributed by atoms with Crippen LogP contribution in [0.25, 0.3) is 11.3 Å². The molecule has 0 spiro atoms. The van der Waals surface area contributed by atoms with E-state index in [1.54, 1.807) is 12.3 Å². The van der Waals surface area contributed by atoms with Gasteiger partial charge in [-0.1, -0.05) is 31.3 Å². The van der Waals surface area contributed by atoms with E-state index in [2.05, 4.69) is 23.7 Å². The van der Waals surface area contributed by atoms with E-state index in [1.807, 2.05) is 6.07 Å². The molecule has 0 aliphatic heterocycles. The van der Waals surface area contributed by atoms with E-state index in [9.17, 15) is 17.6 Å². The third-order valence-corrected chi connectivity index (χ3v) is 5.24. The van der Waals surface area contributed by atoms with Crippen LogP contribution in [-0.4, -0.2) is 4.98 Å². The summed E-state index contributed by atoms with van der Waals surface area (Å²) in [5, 5.41) is 0. The van der Waals surface area contributed by atoms with E-state index in [4.69, 9.17) is 0 Å². The van der Waals surface area contributed by atoms with E-state index in [-0.39, 0.29) is 17.4 Å². The number of hydrogen-bond acceptors (Lipinski definition) is 1. The summed E-state index contributed by atoms with van der Waals surface area (Å²) in [6.45, 7) is 2.07. The van der Waals surface area contributed by atoms with Gasteiger partial charge in [0.05, 0.1) is 11.3 Å². The lowest BCUT2D eigenvalue weighted by Gasteiger charge is -2.22. The molecule has 1 saturated carbocycles. The molecule has 152 valence electrons. The molecule has 0 saturated heterocycles. The van der Waals surface area contributed by atoms with Crippen LogP contribution in [0.1, 0.15) is 50.2 Å². The molecule has 29 heavy (non-hydrogen) atoms. The average Bonchev–Trinajstić information content (AvgIpc) is 2.69. The highest BCUT2D eigenvalue weighted by Gasteiger charge is 2.19. The van der Waals surface area contributed by atoms with Gasteiger partial charge in [-0.3, -0.25) is 4.98 Å². The first-order valence-electron chi connectivity index (χ1n) is 9.95. The molecule has 1 aliphatic rings. The second kappa shape index (κ2) is 9.73. The second-order valence-electron chi connectivity index (χ2n) is 7.45. The van der Waals surface area contributed by atoms with Gasteiger partial charge in [0.2, 0.25) is 0 Å². The monoisotopic (exact) mass is 401 g/mol. The van der Waals surface area contributed by atoms with Crippen molar-refractivity contribution in [3.63, 3.8) is 0 Å². The minimum Gasteiger partial charge on any atom is -0.256 e. The van der Waals surface area contributed by atoms with Crippen molar-refractivity contribution in [3.8, 4) is 23.1 Å². The van der Waals surface area contributed by atoms with Crippen molar-refractivity contribution in [2.24, 2.45) is 11.8 Å². The molecule has 2 aromatic rings. The summed E-state index contributed by atoms with van der Waals surface area (Å²) in [6.07, 6.45) is 5.49. The molecule has 1 aromatic heterocycles. The molecule has 5 heteroatoms. The van der Waals surface area contributed by atoms with E-state index >= 15 is 0 Å². The number of rotatable bonds is 4. The fourth-order valence-corrected chi connectivity index (χ4v) is 3.65. The Morgan fingerprint density at radius 3 is 2.34 bits per heavy atom. The van der Waals surface area contributed by atoms with Crippen LogP contribution in [0.2, 0.25) is 0 Å². The summed E-state index contributed by atoms with van der Waals surface area (Å²) in [4.78, 5) is 4.30. The first kappa shape index (κ1) is 21.1. The molecule has 1 nitrogen and oxygen atoms in total. The van der Waals surface area contributed by atoms with Crippen LogP contribution < -0.4 is 0 Å². The number of nitrogens with zero attached hydrogens (tertiary/aromatic N) is 1. The van der Waals surface area contributed by atoms with E-state index in [1.165, 1.54) is 12.1 Å². The SMILES string of the molecule is CCCc1ccc(-c2cc(F)c(C#C[C@H]3CC[C@H](C=C(F)F)CC3)c(F)c2)nc1. The first-order valence-corrected chi connectivity index (χ1v) is 9.95. The zero-order valence-corrected chi connectivity index (χ0v) is 16.3. The standard InChI is InChI=1S/C24H23F4N/c1-2-3-18-9-11-23(29-15-18)19-13-21(25)20(22(26)14-19)10-8-16-4-6-17(7-5-16)12-24(27)28/h9,11-17H,2-7H2,1H3/t16-,17-. The molecule has 3 rings (SSSR count). The molecule has 0 bridgehead atoms. The van der Waals surface area contributed by atoms with Gasteiger partial charge in [-0.05, 0) is 67.9 Å². The number of benzene rings is 1. The van der Waals surface area contributed by atoms with Gasteiger partial charge in [-0.15, -0.1) is 0 Å². The third kappa shape index (κ3) is 5.69. The molecule has 0 N–H and O–H groups in total. The van der Waals surface area contributed by atoms with Gasteiger partial charge in [0.15, 0.2) is 0 Å². The molecule has 1 aliphatic carbocycles. The Morgan fingerprint density at radius 2 is 1.79 bits per heavy atom. The van der Waals surface area contributed by atoms with Gasteiger partial charge < -0.3 is 0 Å². The Morgan fingerprint density at radius 1 is 1.10 bits per heavy atom. The maximum absolute atomic E-state index is 14.5. The van der Waals surface area contributed by atoms with Gasteiger partial charge in [0.1, 0.15) is 11.6 Å². The number of allylic oxidation sites excluding steroid dienone is 1. The Labute approximate surface area is 168 Å². The largest absolute Gasteiger partial charge is 0.266 e. The summed E-state index contributed by atoms with van der Waals surface area (Å²) < 4.78 is 53.6. The van der Waals surface area contributed by atoms with Crippen LogP contribution >= 0.6 is 0 Å². The van der Waals surface area contributed by atoms with Crippen LogP contribution in [0, 0.1) is 35.3 Å². The lowest BCUT2D eigenvalue weighted by atomic mass is 9.82. The van der Waals surface area contributed by atoms with Gasteiger partial charge in [-0.25, -0.2) is 8.78 Å². The Bertz CT molecular complexity index is 903. The van der Waals surface area contributed by atoms with Crippen molar-refractivity contribution in [2.75, 3.05) is 0 Å². The Kier molecular flexibility index (Phi) is 7.09. The van der Waals surface area contributed by atoms with Crippen molar-refractivity contribution >= 4 is 0 Å². The highest BCUT2D eigenvalue weighted by Crippen LogP contribution is 2.30. The molecular formula is C24H23F4N. The molecule has 1 heterocycles. The predicted octanol–water partition coefficient (Wildman–Crippen LogP) is 6.92. The lowest BCUT2D eigenvalue weighted by Crippen LogP contribution is -2.11. The summed E-state index contributed by atoms with van der Waals surface area (Å²) in [5.41, 5.74) is 1.70. The lowest BCUT2D eigenvalue weighted by molar-refractivity contribution is 0.343. The third-order valence-electron chi connectivity index (χ3n) is 5.24. The average molecular weight is 401 g/mol. The maximum Gasteiger partial charge on any atom is 0.266 e. The molecule has 1 aromatic carbocycles. The quantitative estimate of drug-likeness (QED) is 0.400. The Balaban J connectivity index is 1.72. The van der Waals surface area contributed by atoms with Crippen molar-refractivity contribution < 1.29 is 17.6 Å². The summed E-state index contributed by atoms with van der Waals surface area (Å²) >= 11 is 0. The van der Waals surface area contributed by atoms with E-state index in [0.717, 1.165) is 24.5 Å². The van der Waals surface area contributed by atoms with Gasteiger partial charge >= 0.3 is 0 Å². The summed E-state index contributed by atoms with van der Waals surface area (Å²) in [7, 11) is 0. The van der Waals surface area contributed by atoms with Crippen LogP contribution in [0.15, 0.2) is 42.6 Å². The van der Waals surface area contributed by atoms with Crippen molar-refractivity contribution in [1.29, 1.82) is 0 Å². The van der Waals surface area contributed by atoms with Crippen molar-refractivity contribution in [1.82, 2.24) is 4.98 Å². The maximum atomic E-state index is 14.5. The number of aryl methyl sites for hydroxylation is 1. The van der Waals surface area contributed by atoms with Crippen LogP contribution in [-0.2, 0) is 6.42 Å². The molecule has 0 radical (unpaired) electrons. The number of pyridine rings is 1. The highest BCUT2D eigenvalue weighted by atomic mass is 19.3. The smallest absolute Gasteiger partial charge is 0.256 e. The van der Waals surface area contributed by atoms with Crippen LogP contribution in [0.3, 0.4) is 0 Å². The number of aromatic nitrogens is 1. The number of halogens is 4. The Hall–Kier alpha value is -2.61. The van der Waals surface area contributed by atoms with Crippen molar-refractivity contribution in [3.05, 3.63) is 65.4 Å². The highest BCUT2D eigenvalue weighted by molar-refractivity contribution is 5.61. The van der Waals surface area contributed by atoms with Crippen LogP contribution in [0.5, 0.6) is 0 Å². The zero-order chi connectivity index (χ0) is 20.8. The summed E-state index contributed by atoms with van der Waals surface area (Å²) in [5.74, 6) is 3.94. The van der Waals surface area contributed by atoms with Gasteiger partial charge in [-0.2, -0.15) is 8.78 Å². The second-order valence-corrected chi connectivity index (χ2v) is 7.45. The molecule has 1 fully saturated rings. The first-order chi connectivity index (χ1) is 14.0. The molecule has 0 amide bonds. The van der Waals surface area contributed by atoms with E-state index in [0.29, 0.717) is 36.9 Å². The van der Waals surface area contributed by atoms with Gasteiger partial charge in [0, 0.05) is 17.7 Å². The van der Waals surface area contributed by atoms with Gasteiger partial charge in [0.25, 0.3) is 6.08 Å². The topological polar surface area (TPSA) is 12.9 Å². The van der Waals surface area contributed by atoms with E-state index < -0.39 is 17.7 Å². The minimum atomic E-state index is -1.65. The van der Waals surface area contributed by atoms with Crippen LogP contribution in [0.4, 0.5) is 17.6 Å². The predicted molar refractivity (Wildman–Crippen MR) is 106 cm³/mol. The van der Waals surface area contributed by atoms with Crippen molar-refractivity contribution in [2.45, 2.75) is 45.4 Å². The zero-order valence-electron chi connectivity index (χ0n) is 16.3. The molecule has 0 atom stereocenters. The molecule has 0 unspecified atom stereocenters. The summed E-state index contributed by atoms with van der Waals surface area (Å²) in [6, 6.07) is 6.18. The minimum absolute atomic E-state index is 0.0337. The normalized spacial score (nSPS) is 18.7. The fraction of sp³-hybridized carbons (Fsp3) is 0.375. The molecular weight excluding hydrogens is 378 g/mol. The fourth-order valence-electron chi connectivity index (χ4n) is 3.65.